The Kier molecular flexibility index (Phi) is 10.5. The van der Waals surface area contributed by atoms with Gasteiger partial charge in [0, 0.05) is 62.9 Å². The van der Waals surface area contributed by atoms with E-state index in [9.17, 15) is 37.5 Å². The molecule has 2 aliphatic heterocycles. The normalized spacial score (nSPS) is 23.1. The highest BCUT2D eigenvalue weighted by Crippen LogP contribution is 2.57. The van der Waals surface area contributed by atoms with Crippen LogP contribution in [-0.4, -0.2) is 86.3 Å². The van der Waals surface area contributed by atoms with E-state index in [0.29, 0.717) is 29.7 Å². The molecule has 5 fully saturated rings. The summed E-state index contributed by atoms with van der Waals surface area (Å²) in [4.78, 5) is 59.8. The van der Waals surface area contributed by atoms with Crippen molar-refractivity contribution in [3.63, 3.8) is 0 Å². The molecule has 1 atom stereocenters. The molecule has 3 saturated carbocycles. The van der Waals surface area contributed by atoms with Crippen LogP contribution in [0.4, 0.5) is 18.9 Å². The van der Waals surface area contributed by atoms with Crippen molar-refractivity contribution >= 4 is 34.4 Å². The van der Waals surface area contributed by atoms with Crippen LogP contribution in [0.5, 0.6) is 5.75 Å². The summed E-state index contributed by atoms with van der Waals surface area (Å²) < 4.78 is 50.9. The summed E-state index contributed by atoms with van der Waals surface area (Å²) >= 11 is 0. The van der Waals surface area contributed by atoms with Crippen LogP contribution in [0.25, 0.3) is 22.5 Å². The van der Waals surface area contributed by atoms with Gasteiger partial charge in [-0.3, -0.25) is 33.7 Å². The molecule has 3 aliphatic carbocycles. The van der Waals surface area contributed by atoms with Gasteiger partial charge in [-0.25, -0.2) is 13.6 Å². The van der Waals surface area contributed by atoms with E-state index in [2.05, 4.69) is 37.7 Å². The third-order valence-corrected chi connectivity index (χ3v) is 13.8. The maximum atomic E-state index is 14.3. The Morgan fingerprint density at radius 2 is 1.70 bits per heavy atom. The average molecular weight is 841 g/mol. The smallest absolute Gasteiger partial charge is 0.329 e. The molecule has 0 radical (unpaired) electrons. The number of anilines is 1. The Balaban J connectivity index is 0.763. The van der Waals surface area contributed by atoms with Crippen LogP contribution >= 0.6 is 0 Å². The quantitative estimate of drug-likeness (QED) is 0.118. The fraction of sp³-hybridized carbons (Fsp3) is 0.455. The Morgan fingerprint density at radius 1 is 0.951 bits per heavy atom. The topological polar surface area (TPSA) is 168 Å². The number of aromatic nitrogens is 4. The number of aromatic hydroxyl groups is 1. The van der Waals surface area contributed by atoms with Crippen molar-refractivity contribution in [3.05, 3.63) is 93.4 Å². The first-order chi connectivity index (χ1) is 29.3. The molecular formula is C44H47F3N8O6. The largest absolute Gasteiger partial charge is 0.503 e. The molecule has 61 heavy (non-hydrogen) atoms. The van der Waals surface area contributed by atoms with Crippen LogP contribution in [0.2, 0.25) is 0 Å². The van der Waals surface area contributed by atoms with Crippen molar-refractivity contribution in [2.24, 2.45) is 12.5 Å². The van der Waals surface area contributed by atoms with Crippen LogP contribution in [0, 0.1) is 22.9 Å². The highest BCUT2D eigenvalue weighted by molar-refractivity contribution is 6.00. The molecule has 5 aromatic rings. The molecule has 4 heterocycles. The molecule has 2 bridgehead atoms. The highest BCUT2D eigenvalue weighted by atomic mass is 19.2. The molecule has 5 aliphatic rings. The average Bonchev–Trinajstić information content (AvgIpc) is 3.88. The number of nitrogens with one attached hydrogen (secondary N) is 2. The molecule has 2 aromatic heterocycles. The first-order valence-electron chi connectivity index (χ1n) is 20.9. The molecular weight excluding hydrogens is 794 g/mol. The summed E-state index contributed by atoms with van der Waals surface area (Å²) in [5, 5.41) is 18.8. The van der Waals surface area contributed by atoms with E-state index < -0.39 is 46.6 Å². The van der Waals surface area contributed by atoms with Gasteiger partial charge < -0.3 is 19.8 Å². The Morgan fingerprint density at radius 3 is 2.44 bits per heavy atom. The van der Waals surface area contributed by atoms with E-state index in [-0.39, 0.29) is 35.4 Å². The third-order valence-electron chi connectivity index (χ3n) is 13.8. The molecule has 3 amide bonds. The predicted molar refractivity (Wildman–Crippen MR) is 217 cm³/mol. The van der Waals surface area contributed by atoms with Crippen LogP contribution in [-0.2, 0) is 28.5 Å². The lowest BCUT2D eigenvalue weighted by atomic mass is 9.53. The lowest BCUT2D eigenvalue weighted by molar-refractivity contribution is -0.135. The lowest BCUT2D eigenvalue weighted by Gasteiger charge is -2.52. The zero-order valence-electron chi connectivity index (χ0n) is 33.8. The summed E-state index contributed by atoms with van der Waals surface area (Å²) in [6, 6.07) is 13.9. The standard InChI is InChI=1S/C44H47F3N8O6/c1-52-33-22-26(7-8-31(33)55(42(52)60)32-9-10-34(56)49-39(32)59)4-3-17-53-18-20-54(21-19-53)28-6-2-5-27(23-28)40-50-41(51-61-40)44-14-11-43(12-15-44,13-16-44)25-48-38(58)29-24-30(45)37(57)36(47)35(29)46/h2,5-8,22-24,32,57H,3-4,9-21,25H2,1H3,(H,48,58)(H,49,56,59)/t32-,43?,44?/m1/s1. The first kappa shape index (κ1) is 40.4. The molecule has 3 N–H and O–H groups in total. The number of benzene rings is 3. The lowest BCUT2D eigenvalue weighted by Crippen LogP contribution is -2.49. The van der Waals surface area contributed by atoms with E-state index in [0.717, 1.165) is 106 Å². The van der Waals surface area contributed by atoms with Gasteiger partial charge in [-0.15, -0.1) is 0 Å². The monoisotopic (exact) mass is 840 g/mol. The van der Waals surface area contributed by atoms with Crippen LogP contribution in [0.1, 0.15) is 85.6 Å². The predicted octanol–water partition coefficient (Wildman–Crippen LogP) is 5.27. The Labute approximate surface area is 348 Å². The number of nitrogens with zero attached hydrogens (tertiary/aromatic N) is 6. The van der Waals surface area contributed by atoms with Crippen LogP contribution in [0.15, 0.2) is 57.8 Å². The summed E-state index contributed by atoms with van der Waals surface area (Å²) in [6.45, 7) is 4.72. The van der Waals surface area contributed by atoms with Crippen molar-refractivity contribution in [2.75, 3.05) is 44.2 Å². The maximum absolute atomic E-state index is 14.3. The van der Waals surface area contributed by atoms with Crippen LogP contribution < -0.4 is 21.2 Å². The SMILES string of the molecule is Cn1c(=O)n([C@@H]2CCC(=O)NC2=O)c2ccc(CCCN3CCN(c4cccc(-c5nc(C67CCC(CNC(=O)c8cc(F)c(O)c(F)c8F)(CC6)CC7)no5)c4)CC3)cc21. The van der Waals surface area contributed by atoms with Gasteiger partial charge >= 0.3 is 5.69 Å². The van der Waals surface area contributed by atoms with E-state index in [1.165, 1.54) is 4.57 Å². The van der Waals surface area contributed by atoms with Crippen molar-refractivity contribution in [1.29, 1.82) is 0 Å². The molecule has 3 aromatic carbocycles. The molecule has 320 valence electrons. The van der Waals surface area contributed by atoms with E-state index in [4.69, 9.17) is 9.51 Å². The van der Waals surface area contributed by atoms with Crippen LogP contribution in [0.3, 0.4) is 0 Å². The van der Waals surface area contributed by atoms with Gasteiger partial charge in [0.15, 0.2) is 23.2 Å². The number of piperidine rings is 1. The minimum absolute atomic E-state index is 0.203. The molecule has 10 rings (SSSR count). The van der Waals surface area contributed by atoms with E-state index >= 15 is 0 Å². The number of amides is 3. The number of rotatable bonds is 11. The number of phenolic OH excluding ortho intramolecular Hbond substituents is 1. The number of aryl methyl sites for hydroxylation is 2. The summed E-state index contributed by atoms with van der Waals surface area (Å²) in [5.74, 6) is -6.78. The minimum atomic E-state index is -1.79. The van der Waals surface area contributed by atoms with E-state index in [1.54, 1.807) is 11.6 Å². The van der Waals surface area contributed by atoms with Gasteiger partial charge in [-0.1, -0.05) is 17.3 Å². The number of imide groups is 1. The number of halogens is 3. The second-order valence-corrected chi connectivity index (χ2v) is 17.3. The zero-order chi connectivity index (χ0) is 42.6. The minimum Gasteiger partial charge on any atom is -0.503 e. The number of phenols is 1. The Bertz CT molecular complexity index is 2590. The third kappa shape index (κ3) is 7.46. The number of hydrogen-bond donors (Lipinski definition) is 3. The van der Waals surface area contributed by atoms with Crippen molar-refractivity contribution in [3.8, 4) is 17.2 Å². The van der Waals surface area contributed by atoms with Gasteiger partial charge in [0.05, 0.1) is 16.6 Å². The van der Waals surface area contributed by atoms with Crippen molar-refractivity contribution < 1.29 is 37.2 Å². The molecule has 14 nitrogen and oxygen atoms in total. The first-order valence-corrected chi connectivity index (χ1v) is 20.9. The zero-order valence-corrected chi connectivity index (χ0v) is 33.8. The number of carbonyl (C=O) groups is 3. The van der Waals surface area contributed by atoms with Crippen molar-refractivity contribution in [1.82, 2.24) is 34.8 Å². The molecule has 0 unspecified atom stereocenters. The number of fused-ring (bicyclic) bond motifs is 4. The maximum Gasteiger partial charge on any atom is 0.329 e. The molecule has 2 saturated heterocycles. The van der Waals surface area contributed by atoms with Gasteiger partial charge in [-0.2, -0.15) is 9.37 Å². The van der Waals surface area contributed by atoms with E-state index in [1.807, 2.05) is 30.3 Å². The highest BCUT2D eigenvalue weighted by Gasteiger charge is 2.51. The number of piperazine rings is 1. The molecule has 17 heteroatoms. The second-order valence-electron chi connectivity index (χ2n) is 17.3. The second kappa shape index (κ2) is 15.8. The van der Waals surface area contributed by atoms with Gasteiger partial charge in [-0.05, 0) is 112 Å². The fourth-order valence-electron chi connectivity index (χ4n) is 9.90. The fourth-order valence-corrected chi connectivity index (χ4v) is 9.90. The van der Waals surface area contributed by atoms with Crippen molar-refractivity contribution in [2.45, 2.75) is 75.7 Å². The number of hydrogen-bond acceptors (Lipinski definition) is 10. The molecule has 0 spiro atoms. The Hall–Kier alpha value is -5.97. The number of imidazole rings is 1. The number of carbonyl (C=O) groups excluding carboxylic acids is 3. The van der Waals surface area contributed by atoms with Gasteiger partial charge in [0.1, 0.15) is 6.04 Å². The summed E-state index contributed by atoms with van der Waals surface area (Å²) in [6.07, 6.45) is 6.93. The summed E-state index contributed by atoms with van der Waals surface area (Å²) in [7, 11) is 1.71. The van der Waals surface area contributed by atoms with Gasteiger partial charge in [0.2, 0.25) is 17.6 Å². The summed E-state index contributed by atoms with van der Waals surface area (Å²) in [5.41, 5.74) is 2.95. The van der Waals surface area contributed by atoms with Gasteiger partial charge in [0.25, 0.3) is 11.8 Å².